The molecule has 2 aromatic heterocycles. The summed E-state index contributed by atoms with van der Waals surface area (Å²) in [5.41, 5.74) is 5.97. The van der Waals surface area contributed by atoms with Gasteiger partial charge in [-0.05, 0) is 31.0 Å². The van der Waals surface area contributed by atoms with Gasteiger partial charge >= 0.3 is 0 Å². The minimum Gasteiger partial charge on any atom is -0.479 e. The molecule has 0 radical (unpaired) electrons. The number of pyridine rings is 2. The Balaban J connectivity index is 1.75. The number of ether oxygens (including phenoxy) is 1. The average molecular weight is 468 g/mol. The molecule has 0 spiro atoms. The van der Waals surface area contributed by atoms with Crippen molar-refractivity contribution in [3.63, 3.8) is 0 Å². The van der Waals surface area contributed by atoms with Crippen LogP contribution in [0.2, 0.25) is 0 Å². The summed E-state index contributed by atoms with van der Waals surface area (Å²) in [7, 11) is 0. The normalized spacial score (nSPS) is 22.5. The summed E-state index contributed by atoms with van der Waals surface area (Å²) in [6.45, 7) is 5.86. The molecule has 4 rings (SSSR count). The van der Waals surface area contributed by atoms with Gasteiger partial charge in [0.05, 0.1) is 11.7 Å². The maximum atomic E-state index is 15.0. The molecule has 1 unspecified atom stereocenters. The Morgan fingerprint density at radius 2 is 2.06 bits per heavy atom. The van der Waals surface area contributed by atoms with Crippen LogP contribution < -0.4 is 15.8 Å². The minimum absolute atomic E-state index is 0.0846. The number of halogens is 2. The number of thioether (sulfide) groups is 1. The summed E-state index contributed by atoms with van der Waals surface area (Å²) in [6.07, 6.45) is 8.35. The Morgan fingerprint density at radius 3 is 2.82 bits per heavy atom. The summed E-state index contributed by atoms with van der Waals surface area (Å²) < 4.78 is 35.1. The highest BCUT2D eigenvalue weighted by molar-refractivity contribution is 8.14. The molecule has 0 saturated heterocycles. The van der Waals surface area contributed by atoms with Crippen molar-refractivity contribution >= 4 is 39.3 Å². The molecule has 0 amide bonds. The highest BCUT2D eigenvalue weighted by atomic mass is 32.2. The number of nitrogens with one attached hydrogen (secondary N) is 1. The smallest absolute Gasteiger partial charge is 0.164 e. The minimum atomic E-state index is -1.02. The van der Waals surface area contributed by atoms with Crippen molar-refractivity contribution in [1.29, 1.82) is 0 Å². The molecule has 3 aromatic rings. The van der Waals surface area contributed by atoms with E-state index >= 15 is 4.39 Å². The highest BCUT2D eigenvalue weighted by Gasteiger charge is 2.42. The summed E-state index contributed by atoms with van der Waals surface area (Å²) >= 11 is 1.43. The first-order valence-corrected chi connectivity index (χ1v) is 11.2. The van der Waals surface area contributed by atoms with Crippen LogP contribution in [0.3, 0.4) is 0 Å². The molecule has 0 saturated carbocycles. The first-order chi connectivity index (χ1) is 15.7. The molecule has 9 heteroatoms. The number of amidine groups is 1. The lowest BCUT2D eigenvalue weighted by Gasteiger charge is -2.40. The molecule has 1 aromatic carbocycles. The van der Waals surface area contributed by atoms with E-state index in [0.29, 0.717) is 27.9 Å². The molecule has 33 heavy (non-hydrogen) atoms. The van der Waals surface area contributed by atoms with Crippen LogP contribution in [0.4, 0.5) is 20.3 Å². The second-order valence-electron chi connectivity index (χ2n) is 8.05. The van der Waals surface area contributed by atoms with Gasteiger partial charge in [-0.3, -0.25) is 4.99 Å². The van der Waals surface area contributed by atoms with Gasteiger partial charge in [-0.1, -0.05) is 31.5 Å². The maximum Gasteiger partial charge on any atom is 0.164 e. The fraction of sp³-hybridized carbons (Fsp3) is 0.292. The number of rotatable bonds is 5. The third-order valence-electron chi connectivity index (χ3n) is 5.97. The largest absolute Gasteiger partial charge is 0.479 e. The van der Waals surface area contributed by atoms with Crippen molar-refractivity contribution in [2.45, 2.75) is 31.6 Å². The van der Waals surface area contributed by atoms with Crippen LogP contribution >= 0.6 is 11.8 Å². The van der Waals surface area contributed by atoms with Crippen LogP contribution in [-0.2, 0) is 5.54 Å². The first-order valence-electron chi connectivity index (χ1n) is 10.3. The molecule has 1 aliphatic rings. The number of hydrogen-bond donors (Lipinski definition) is 2. The molecule has 170 valence electrons. The Kier molecular flexibility index (Phi) is 6.13. The zero-order chi connectivity index (χ0) is 23.8. The number of aliphatic imine (C=N–C) groups is 1. The lowest BCUT2D eigenvalue weighted by Crippen LogP contribution is -2.41. The number of hydrogen-bond acceptors (Lipinski definition) is 7. The second kappa shape index (κ2) is 8.87. The van der Waals surface area contributed by atoms with Crippen molar-refractivity contribution in [2.75, 3.05) is 11.9 Å². The van der Waals surface area contributed by atoms with Crippen molar-refractivity contribution in [2.24, 2.45) is 16.6 Å². The van der Waals surface area contributed by atoms with Crippen LogP contribution in [-0.4, -0.2) is 27.0 Å². The van der Waals surface area contributed by atoms with Crippen molar-refractivity contribution in [1.82, 2.24) is 9.97 Å². The SMILES string of the molecule is C#CCOc1cnc2c(Nc3cc(F)c(F)c([C@@]4(C)N=C(N)SC(C)[C@H]4C)c3)nccc2c1. The predicted octanol–water partition coefficient (Wildman–Crippen LogP) is 4.96. The second-order valence-corrected chi connectivity index (χ2v) is 9.45. The van der Waals surface area contributed by atoms with Gasteiger partial charge in [0.2, 0.25) is 0 Å². The van der Waals surface area contributed by atoms with Gasteiger partial charge in [0.15, 0.2) is 22.6 Å². The third kappa shape index (κ3) is 4.31. The molecule has 0 fully saturated rings. The molecule has 3 N–H and O–H groups in total. The molecule has 3 heterocycles. The van der Waals surface area contributed by atoms with E-state index in [1.807, 2.05) is 13.8 Å². The number of anilines is 2. The van der Waals surface area contributed by atoms with E-state index in [2.05, 4.69) is 26.2 Å². The topological polar surface area (TPSA) is 85.4 Å². The zero-order valence-corrected chi connectivity index (χ0v) is 19.2. The van der Waals surface area contributed by atoms with Crippen LogP contribution in [0.5, 0.6) is 5.75 Å². The van der Waals surface area contributed by atoms with Crippen molar-refractivity contribution in [3.05, 3.63) is 53.9 Å². The van der Waals surface area contributed by atoms with Crippen LogP contribution in [0.15, 0.2) is 41.7 Å². The van der Waals surface area contributed by atoms with E-state index in [9.17, 15) is 4.39 Å². The van der Waals surface area contributed by atoms with Crippen LogP contribution in [0.25, 0.3) is 10.9 Å². The van der Waals surface area contributed by atoms with E-state index in [-0.39, 0.29) is 23.3 Å². The summed E-state index contributed by atoms with van der Waals surface area (Å²) in [6, 6.07) is 6.20. The van der Waals surface area contributed by atoms with Gasteiger partial charge in [-0.2, -0.15) is 0 Å². The maximum absolute atomic E-state index is 15.0. The fourth-order valence-corrected chi connectivity index (χ4v) is 5.01. The van der Waals surface area contributed by atoms with Gasteiger partial charge in [0, 0.05) is 34.2 Å². The average Bonchev–Trinajstić information content (AvgIpc) is 2.78. The Morgan fingerprint density at radius 1 is 1.27 bits per heavy atom. The zero-order valence-electron chi connectivity index (χ0n) is 18.4. The van der Waals surface area contributed by atoms with Gasteiger partial charge < -0.3 is 15.8 Å². The van der Waals surface area contributed by atoms with Gasteiger partial charge in [0.1, 0.15) is 17.9 Å². The fourth-order valence-electron chi connectivity index (χ4n) is 3.91. The highest BCUT2D eigenvalue weighted by Crippen LogP contribution is 2.45. The van der Waals surface area contributed by atoms with E-state index < -0.39 is 17.2 Å². The van der Waals surface area contributed by atoms with Crippen molar-refractivity contribution in [3.8, 4) is 18.1 Å². The quantitative estimate of drug-likeness (QED) is 0.516. The number of terminal acetylenes is 1. The van der Waals surface area contributed by atoms with Gasteiger partial charge in [-0.15, -0.1) is 6.42 Å². The number of fused-ring (bicyclic) bond motifs is 1. The number of nitrogens with zero attached hydrogens (tertiary/aromatic N) is 3. The van der Waals surface area contributed by atoms with E-state index in [4.69, 9.17) is 16.9 Å². The standard InChI is InChI=1S/C24H23F2N5OS/c1-5-8-32-17-9-15-6-7-28-22(21(15)29-12-17)30-16-10-18(20(26)19(25)11-16)24(4)13(2)14(3)33-23(27)31-24/h1,6-7,9-14H,8H2,2-4H3,(H2,27,31)(H,28,30)/t13-,14?,24+/m1/s1. The van der Waals surface area contributed by atoms with Gasteiger partial charge in [0.25, 0.3) is 0 Å². The Labute approximate surface area is 195 Å². The lowest BCUT2D eigenvalue weighted by molar-refractivity contribution is 0.308. The van der Waals surface area contributed by atoms with Gasteiger partial charge in [-0.25, -0.2) is 18.7 Å². The molecular formula is C24H23F2N5OS. The summed E-state index contributed by atoms with van der Waals surface area (Å²) in [5, 5.41) is 4.26. The summed E-state index contributed by atoms with van der Waals surface area (Å²) in [5.74, 6) is 1.31. The number of aromatic nitrogens is 2. The predicted molar refractivity (Wildman–Crippen MR) is 129 cm³/mol. The molecule has 0 aliphatic carbocycles. The molecule has 3 atom stereocenters. The lowest BCUT2D eigenvalue weighted by atomic mass is 9.78. The first kappa shape index (κ1) is 22.8. The molecular weight excluding hydrogens is 444 g/mol. The third-order valence-corrected chi connectivity index (χ3v) is 7.09. The van der Waals surface area contributed by atoms with E-state index in [0.717, 1.165) is 11.5 Å². The molecule has 0 bridgehead atoms. The Hall–Kier alpha value is -3.38. The van der Waals surface area contributed by atoms with E-state index in [1.165, 1.54) is 18.0 Å². The monoisotopic (exact) mass is 467 g/mol. The van der Waals surface area contributed by atoms with E-state index in [1.54, 1.807) is 31.3 Å². The number of nitrogens with two attached hydrogens (primary N) is 1. The summed E-state index contributed by atoms with van der Waals surface area (Å²) in [4.78, 5) is 13.2. The van der Waals surface area contributed by atoms with Crippen LogP contribution in [0.1, 0.15) is 26.3 Å². The molecule has 6 nitrogen and oxygen atoms in total. The molecule has 1 aliphatic heterocycles. The number of benzene rings is 1. The van der Waals surface area contributed by atoms with Crippen LogP contribution in [0, 0.1) is 29.9 Å². The Bertz CT molecular complexity index is 1290. The van der Waals surface area contributed by atoms with Crippen molar-refractivity contribution < 1.29 is 13.5 Å².